The van der Waals surface area contributed by atoms with Gasteiger partial charge in [0, 0.05) is 9.50 Å². The van der Waals surface area contributed by atoms with E-state index < -0.39 is 6.10 Å². The maximum absolute atomic E-state index is 12.1. The molecule has 6 heteroatoms. The van der Waals surface area contributed by atoms with Crippen molar-refractivity contribution in [1.82, 2.24) is 0 Å². The van der Waals surface area contributed by atoms with Crippen molar-refractivity contribution in [2.75, 3.05) is 5.32 Å². The lowest BCUT2D eigenvalue weighted by molar-refractivity contribution is -0.122. The van der Waals surface area contributed by atoms with Crippen LogP contribution >= 0.6 is 39.1 Å². The summed E-state index contributed by atoms with van der Waals surface area (Å²) in [5.74, 6) is 0.313. The van der Waals surface area contributed by atoms with Gasteiger partial charge in [-0.3, -0.25) is 4.79 Å². The highest BCUT2D eigenvalue weighted by atomic mass is 79.9. The molecule has 1 amide bonds. The molecule has 2 rings (SSSR count). The summed E-state index contributed by atoms with van der Waals surface area (Å²) in [7, 11) is 0. The normalized spacial score (nSPS) is 11.8. The lowest BCUT2D eigenvalue weighted by atomic mass is 10.3. The van der Waals surface area contributed by atoms with Gasteiger partial charge in [0.05, 0.1) is 10.7 Å². The number of halogens is 3. The van der Waals surface area contributed by atoms with Gasteiger partial charge >= 0.3 is 0 Å². The van der Waals surface area contributed by atoms with Crippen molar-refractivity contribution in [2.45, 2.75) is 13.0 Å². The van der Waals surface area contributed by atoms with Gasteiger partial charge < -0.3 is 10.1 Å². The number of ether oxygens (including phenoxy) is 1. The molecule has 1 N–H and O–H groups in total. The summed E-state index contributed by atoms with van der Waals surface area (Å²) in [6, 6.07) is 12.2. The molecule has 0 spiro atoms. The molecule has 0 aliphatic rings. The molecule has 2 aromatic carbocycles. The van der Waals surface area contributed by atoms with Gasteiger partial charge in [0.2, 0.25) is 0 Å². The summed E-state index contributed by atoms with van der Waals surface area (Å²) in [5.41, 5.74) is 0.496. The van der Waals surface area contributed by atoms with Crippen molar-refractivity contribution in [3.05, 3.63) is 57.0 Å². The number of carbonyl (C=O) groups excluding carboxylic acids is 1. The number of carbonyl (C=O) groups is 1. The van der Waals surface area contributed by atoms with Crippen LogP contribution in [0.25, 0.3) is 0 Å². The zero-order chi connectivity index (χ0) is 15.4. The number of benzene rings is 2. The van der Waals surface area contributed by atoms with E-state index in [1.54, 1.807) is 37.3 Å². The van der Waals surface area contributed by atoms with Crippen molar-refractivity contribution in [2.24, 2.45) is 0 Å². The van der Waals surface area contributed by atoms with Crippen LogP contribution < -0.4 is 10.1 Å². The van der Waals surface area contributed by atoms with Crippen molar-refractivity contribution >= 4 is 50.7 Å². The SMILES string of the molecule is C[C@H](Oc1cccc(Br)c1)C(=O)Nc1ccc(Cl)cc1Cl. The van der Waals surface area contributed by atoms with E-state index in [0.717, 1.165) is 4.47 Å². The first kappa shape index (κ1) is 16.1. The molecule has 0 bridgehead atoms. The van der Waals surface area contributed by atoms with Gasteiger partial charge in [-0.15, -0.1) is 0 Å². The number of nitrogens with one attached hydrogen (secondary N) is 1. The molecule has 3 nitrogen and oxygen atoms in total. The zero-order valence-electron chi connectivity index (χ0n) is 11.1. The molecule has 0 fully saturated rings. The molecule has 0 saturated carbocycles. The maximum Gasteiger partial charge on any atom is 0.265 e. The first-order valence-corrected chi connectivity index (χ1v) is 7.69. The molecule has 0 heterocycles. The standard InChI is InChI=1S/C15H12BrCl2NO2/c1-9(21-12-4-2-3-10(16)7-12)15(20)19-14-6-5-11(17)8-13(14)18/h2-9H,1H3,(H,19,20)/t9-/m0/s1. The van der Waals surface area contributed by atoms with Crippen LogP contribution in [0.1, 0.15) is 6.92 Å². The predicted octanol–water partition coefficient (Wildman–Crippen LogP) is 5.16. The number of amides is 1. The molecule has 0 aliphatic heterocycles. The third-order valence-corrected chi connectivity index (χ3v) is 3.71. The Morgan fingerprint density at radius 2 is 2.00 bits per heavy atom. The Morgan fingerprint density at radius 3 is 2.67 bits per heavy atom. The van der Waals surface area contributed by atoms with E-state index in [0.29, 0.717) is 21.5 Å². The van der Waals surface area contributed by atoms with Crippen molar-refractivity contribution in [3.8, 4) is 5.75 Å². The Kier molecular flexibility index (Phi) is 5.51. The molecule has 0 unspecified atom stereocenters. The zero-order valence-corrected chi connectivity index (χ0v) is 14.2. The first-order chi connectivity index (χ1) is 9.95. The molecular weight excluding hydrogens is 377 g/mol. The largest absolute Gasteiger partial charge is 0.481 e. The Morgan fingerprint density at radius 1 is 1.24 bits per heavy atom. The van der Waals surface area contributed by atoms with Crippen LogP contribution in [0.5, 0.6) is 5.75 Å². The summed E-state index contributed by atoms with van der Waals surface area (Å²) in [5, 5.41) is 3.60. The average Bonchev–Trinajstić information content (AvgIpc) is 2.41. The smallest absolute Gasteiger partial charge is 0.265 e. The summed E-state index contributed by atoms with van der Waals surface area (Å²) in [6.07, 6.45) is -0.661. The third-order valence-electron chi connectivity index (χ3n) is 2.67. The van der Waals surface area contributed by atoms with Crippen molar-refractivity contribution in [3.63, 3.8) is 0 Å². The second kappa shape index (κ2) is 7.16. The van der Waals surface area contributed by atoms with Gasteiger partial charge in [-0.25, -0.2) is 0 Å². The van der Waals surface area contributed by atoms with E-state index in [1.165, 1.54) is 0 Å². The third kappa shape index (κ3) is 4.63. The van der Waals surface area contributed by atoms with E-state index in [9.17, 15) is 4.79 Å². The van der Waals surface area contributed by atoms with E-state index in [-0.39, 0.29) is 5.91 Å². The highest BCUT2D eigenvalue weighted by Crippen LogP contribution is 2.26. The number of hydrogen-bond acceptors (Lipinski definition) is 2. The number of anilines is 1. The fraction of sp³-hybridized carbons (Fsp3) is 0.133. The molecule has 110 valence electrons. The fourth-order valence-electron chi connectivity index (χ4n) is 1.62. The molecule has 0 aliphatic carbocycles. The summed E-state index contributed by atoms with van der Waals surface area (Å²) < 4.78 is 6.46. The Balaban J connectivity index is 2.02. The summed E-state index contributed by atoms with van der Waals surface area (Å²) in [4.78, 5) is 12.1. The van der Waals surface area contributed by atoms with Gasteiger partial charge in [0.15, 0.2) is 6.10 Å². The van der Waals surface area contributed by atoms with Gasteiger partial charge in [-0.1, -0.05) is 45.2 Å². The van der Waals surface area contributed by atoms with Crippen LogP contribution in [0.4, 0.5) is 5.69 Å². The van der Waals surface area contributed by atoms with E-state index in [1.807, 2.05) is 12.1 Å². The number of rotatable bonds is 4. The predicted molar refractivity (Wildman–Crippen MR) is 89.3 cm³/mol. The summed E-state index contributed by atoms with van der Waals surface area (Å²) >= 11 is 15.2. The van der Waals surface area contributed by atoms with Crippen LogP contribution in [0.2, 0.25) is 10.0 Å². The molecule has 0 saturated heterocycles. The molecule has 2 aromatic rings. The minimum Gasteiger partial charge on any atom is -0.481 e. The van der Waals surface area contributed by atoms with Crippen LogP contribution in [0.15, 0.2) is 46.9 Å². The first-order valence-electron chi connectivity index (χ1n) is 6.14. The van der Waals surface area contributed by atoms with Crippen molar-refractivity contribution in [1.29, 1.82) is 0 Å². The van der Waals surface area contributed by atoms with Crippen molar-refractivity contribution < 1.29 is 9.53 Å². The molecule has 1 atom stereocenters. The Hall–Kier alpha value is -1.23. The van der Waals surface area contributed by atoms with E-state index >= 15 is 0 Å². The molecular formula is C15H12BrCl2NO2. The van der Waals surface area contributed by atoms with E-state index in [2.05, 4.69) is 21.2 Å². The van der Waals surface area contributed by atoms with Crippen LogP contribution in [0, 0.1) is 0 Å². The Labute approximate surface area is 141 Å². The molecule has 0 aromatic heterocycles. The quantitative estimate of drug-likeness (QED) is 0.785. The lowest BCUT2D eigenvalue weighted by Crippen LogP contribution is -2.30. The minimum atomic E-state index is -0.661. The second-order valence-corrected chi connectivity index (χ2v) is 6.09. The fourth-order valence-corrected chi connectivity index (χ4v) is 2.46. The van der Waals surface area contributed by atoms with Gasteiger partial charge in [0.25, 0.3) is 5.91 Å². The molecule has 0 radical (unpaired) electrons. The maximum atomic E-state index is 12.1. The Bertz CT molecular complexity index is 664. The lowest BCUT2D eigenvalue weighted by Gasteiger charge is -2.15. The van der Waals surface area contributed by atoms with Gasteiger partial charge in [-0.05, 0) is 43.3 Å². The topological polar surface area (TPSA) is 38.3 Å². The molecule has 21 heavy (non-hydrogen) atoms. The van der Waals surface area contributed by atoms with E-state index in [4.69, 9.17) is 27.9 Å². The highest BCUT2D eigenvalue weighted by molar-refractivity contribution is 9.10. The highest BCUT2D eigenvalue weighted by Gasteiger charge is 2.16. The second-order valence-electron chi connectivity index (χ2n) is 4.33. The van der Waals surface area contributed by atoms with Crippen LogP contribution in [-0.4, -0.2) is 12.0 Å². The van der Waals surface area contributed by atoms with Crippen LogP contribution in [-0.2, 0) is 4.79 Å². The van der Waals surface area contributed by atoms with Gasteiger partial charge in [-0.2, -0.15) is 0 Å². The monoisotopic (exact) mass is 387 g/mol. The van der Waals surface area contributed by atoms with Gasteiger partial charge in [0.1, 0.15) is 5.75 Å². The minimum absolute atomic E-state index is 0.292. The number of hydrogen-bond donors (Lipinski definition) is 1. The van der Waals surface area contributed by atoms with Crippen LogP contribution in [0.3, 0.4) is 0 Å². The summed E-state index contributed by atoms with van der Waals surface area (Å²) in [6.45, 7) is 1.67. The average molecular weight is 389 g/mol.